The van der Waals surface area contributed by atoms with E-state index < -0.39 is 24.1 Å². The van der Waals surface area contributed by atoms with Crippen LogP contribution in [0.25, 0.3) is 0 Å². The summed E-state index contributed by atoms with van der Waals surface area (Å²) in [5.41, 5.74) is -2.55. The van der Waals surface area contributed by atoms with Gasteiger partial charge in [-0.1, -0.05) is 12.8 Å². The highest BCUT2D eigenvalue weighted by molar-refractivity contribution is 5.76. The number of carbonyl (C=O) groups is 1. The molecule has 98 valence electrons. The molecule has 1 aliphatic heterocycles. The number of rotatable bonds is 4. The Morgan fingerprint density at radius 3 is 2.47 bits per heavy atom. The lowest BCUT2D eigenvalue weighted by Crippen LogP contribution is -2.47. The average molecular weight is 251 g/mol. The maximum atomic E-state index is 12.8. The molecule has 1 heterocycles. The van der Waals surface area contributed by atoms with Crippen LogP contribution in [0.5, 0.6) is 0 Å². The van der Waals surface area contributed by atoms with Crippen LogP contribution in [-0.2, 0) is 4.79 Å². The third kappa shape index (κ3) is 2.41. The summed E-state index contributed by atoms with van der Waals surface area (Å²) < 4.78 is 38.5. The summed E-state index contributed by atoms with van der Waals surface area (Å²) in [6.45, 7) is 0.437. The van der Waals surface area contributed by atoms with E-state index in [0.29, 0.717) is 12.5 Å². The van der Waals surface area contributed by atoms with Crippen molar-refractivity contribution in [3.05, 3.63) is 0 Å². The van der Waals surface area contributed by atoms with E-state index >= 15 is 0 Å². The van der Waals surface area contributed by atoms with Crippen LogP contribution in [0.4, 0.5) is 13.2 Å². The maximum absolute atomic E-state index is 12.8. The Morgan fingerprint density at radius 1 is 1.41 bits per heavy atom. The molecule has 1 aliphatic carbocycles. The summed E-state index contributed by atoms with van der Waals surface area (Å²) in [5.74, 6) is -1.08. The molecule has 17 heavy (non-hydrogen) atoms. The van der Waals surface area contributed by atoms with Gasteiger partial charge in [-0.2, -0.15) is 13.2 Å². The summed E-state index contributed by atoms with van der Waals surface area (Å²) in [4.78, 5) is 12.6. The molecule has 2 fully saturated rings. The molecule has 1 saturated carbocycles. The summed E-state index contributed by atoms with van der Waals surface area (Å²) in [7, 11) is 0. The van der Waals surface area contributed by atoms with Crippen molar-refractivity contribution in [3.8, 4) is 0 Å². The lowest BCUT2D eigenvalue weighted by molar-refractivity contribution is -0.227. The van der Waals surface area contributed by atoms with E-state index in [4.69, 9.17) is 5.11 Å². The Balaban J connectivity index is 1.98. The predicted octanol–water partition coefficient (Wildman–Crippen LogP) is 2.13. The summed E-state index contributed by atoms with van der Waals surface area (Å²) in [5, 5.41) is 8.86. The van der Waals surface area contributed by atoms with Crippen molar-refractivity contribution in [2.24, 2.45) is 11.3 Å². The Labute approximate surface area is 97.6 Å². The molecule has 6 heteroatoms. The topological polar surface area (TPSA) is 40.5 Å². The lowest BCUT2D eigenvalue weighted by Gasteiger charge is -2.27. The van der Waals surface area contributed by atoms with Crippen LogP contribution in [0.15, 0.2) is 0 Å². The molecular weight excluding hydrogens is 235 g/mol. The van der Waals surface area contributed by atoms with Gasteiger partial charge < -0.3 is 10.0 Å². The second-order valence-electron chi connectivity index (χ2n) is 5.14. The third-order valence-electron chi connectivity index (χ3n) is 3.85. The smallest absolute Gasteiger partial charge is 0.406 e. The molecule has 0 spiro atoms. The molecule has 0 bridgehead atoms. The summed E-state index contributed by atoms with van der Waals surface area (Å²) >= 11 is 0. The first kappa shape index (κ1) is 12.7. The molecule has 0 aromatic carbocycles. The Bertz CT molecular complexity index is 314. The number of nitrogens with zero attached hydrogens (tertiary/aromatic N) is 1. The van der Waals surface area contributed by atoms with Gasteiger partial charge in [0.25, 0.3) is 0 Å². The van der Waals surface area contributed by atoms with Crippen molar-refractivity contribution in [3.63, 3.8) is 0 Å². The standard InChI is InChI=1S/C11H16F3NO2/c12-11(13,14)10(9(16)17)4-6-15(7-10)5-3-8-1-2-8/h8H,1-7H2,(H,16,17). The molecule has 3 nitrogen and oxygen atoms in total. The fourth-order valence-electron chi connectivity index (χ4n) is 2.38. The van der Waals surface area contributed by atoms with Crippen molar-refractivity contribution in [2.75, 3.05) is 19.6 Å². The molecular formula is C11H16F3NO2. The Morgan fingerprint density at radius 2 is 2.06 bits per heavy atom. The number of aliphatic carboxylic acids is 1. The molecule has 1 saturated heterocycles. The normalized spacial score (nSPS) is 30.8. The molecule has 1 atom stereocenters. The van der Waals surface area contributed by atoms with Gasteiger partial charge in [0.05, 0.1) is 0 Å². The first-order chi connectivity index (χ1) is 7.85. The maximum Gasteiger partial charge on any atom is 0.406 e. The molecule has 0 aromatic rings. The fourth-order valence-corrected chi connectivity index (χ4v) is 2.38. The number of halogens is 3. The van der Waals surface area contributed by atoms with Crippen LogP contribution in [0.1, 0.15) is 25.7 Å². The second kappa shape index (κ2) is 4.15. The first-order valence-corrected chi connectivity index (χ1v) is 5.88. The number of likely N-dealkylation sites (tertiary alicyclic amines) is 1. The van der Waals surface area contributed by atoms with E-state index in [1.807, 2.05) is 0 Å². The van der Waals surface area contributed by atoms with Gasteiger partial charge >= 0.3 is 12.1 Å². The molecule has 0 radical (unpaired) electrons. The van der Waals surface area contributed by atoms with Crippen LogP contribution in [0.3, 0.4) is 0 Å². The second-order valence-corrected chi connectivity index (χ2v) is 5.14. The number of carboxylic acid groups (broad SMARTS) is 1. The molecule has 0 aromatic heterocycles. The van der Waals surface area contributed by atoms with Crippen molar-refractivity contribution in [2.45, 2.75) is 31.9 Å². The van der Waals surface area contributed by atoms with Crippen molar-refractivity contribution in [1.29, 1.82) is 0 Å². The number of hydrogen-bond acceptors (Lipinski definition) is 2. The SMILES string of the molecule is O=C(O)C1(C(F)(F)F)CCN(CCC2CC2)C1. The fraction of sp³-hybridized carbons (Fsp3) is 0.909. The van der Waals surface area contributed by atoms with E-state index in [2.05, 4.69) is 0 Å². The van der Waals surface area contributed by atoms with E-state index in [1.165, 1.54) is 0 Å². The van der Waals surface area contributed by atoms with Crippen LogP contribution in [0.2, 0.25) is 0 Å². The third-order valence-corrected chi connectivity index (χ3v) is 3.85. The Kier molecular flexibility index (Phi) is 3.10. The minimum Gasteiger partial charge on any atom is -0.481 e. The van der Waals surface area contributed by atoms with Crippen LogP contribution >= 0.6 is 0 Å². The van der Waals surface area contributed by atoms with Gasteiger partial charge in [-0.05, 0) is 31.8 Å². The molecule has 2 aliphatic rings. The monoisotopic (exact) mass is 251 g/mol. The Hall–Kier alpha value is -0.780. The summed E-state index contributed by atoms with van der Waals surface area (Å²) in [6.07, 6.45) is -1.76. The minimum absolute atomic E-state index is 0.235. The van der Waals surface area contributed by atoms with Crippen molar-refractivity contribution >= 4 is 5.97 Å². The lowest BCUT2D eigenvalue weighted by atomic mass is 9.86. The van der Waals surface area contributed by atoms with Gasteiger partial charge in [0.15, 0.2) is 5.41 Å². The van der Waals surface area contributed by atoms with Gasteiger partial charge in [0, 0.05) is 6.54 Å². The predicted molar refractivity (Wildman–Crippen MR) is 54.5 cm³/mol. The molecule has 1 N–H and O–H groups in total. The van der Waals surface area contributed by atoms with Crippen LogP contribution in [0, 0.1) is 11.3 Å². The number of carboxylic acids is 1. The van der Waals surface area contributed by atoms with Crippen molar-refractivity contribution in [1.82, 2.24) is 4.90 Å². The van der Waals surface area contributed by atoms with Gasteiger partial charge in [-0.25, -0.2) is 0 Å². The largest absolute Gasteiger partial charge is 0.481 e. The van der Waals surface area contributed by atoms with Gasteiger partial charge in [0.2, 0.25) is 0 Å². The van der Waals surface area contributed by atoms with Crippen LogP contribution < -0.4 is 0 Å². The van der Waals surface area contributed by atoms with E-state index in [-0.39, 0.29) is 13.0 Å². The van der Waals surface area contributed by atoms with E-state index in [0.717, 1.165) is 19.3 Å². The highest BCUT2D eigenvalue weighted by Crippen LogP contribution is 2.46. The zero-order valence-electron chi connectivity index (χ0n) is 9.46. The zero-order valence-corrected chi connectivity index (χ0v) is 9.46. The zero-order chi connectivity index (χ0) is 12.7. The van der Waals surface area contributed by atoms with Crippen molar-refractivity contribution < 1.29 is 23.1 Å². The first-order valence-electron chi connectivity index (χ1n) is 5.88. The minimum atomic E-state index is -4.66. The number of hydrogen-bond donors (Lipinski definition) is 1. The number of alkyl halides is 3. The van der Waals surface area contributed by atoms with Crippen LogP contribution in [-0.4, -0.2) is 41.8 Å². The van der Waals surface area contributed by atoms with Gasteiger partial charge in [0.1, 0.15) is 0 Å². The average Bonchev–Trinajstić information content (AvgIpc) is 2.91. The quantitative estimate of drug-likeness (QED) is 0.832. The molecule has 2 rings (SSSR count). The van der Waals surface area contributed by atoms with E-state index in [9.17, 15) is 18.0 Å². The van der Waals surface area contributed by atoms with Gasteiger partial charge in [-0.15, -0.1) is 0 Å². The van der Waals surface area contributed by atoms with Gasteiger partial charge in [-0.3, -0.25) is 4.79 Å². The highest BCUT2D eigenvalue weighted by atomic mass is 19.4. The molecule has 1 unspecified atom stereocenters. The van der Waals surface area contributed by atoms with E-state index in [1.54, 1.807) is 4.90 Å². The summed E-state index contributed by atoms with van der Waals surface area (Å²) in [6, 6.07) is 0. The molecule has 0 amide bonds. The highest BCUT2D eigenvalue weighted by Gasteiger charge is 2.63.